The van der Waals surface area contributed by atoms with Crippen molar-refractivity contribution in [2.24, 2.45) is 5.92 Å². The van der Waals surface area contributed by atoms with Crippen LogP contribution in [0.2, 0.25) is 0 Å². The van der Waals surface area contributed by atoms with Crippen molar-refractivity contribution in [2.75, 3.05) is 6.54 Å². The number of carbonyl (C=O) groups excluding carboxylic acids is 3. The highest BCUT2D eigenvalue weighted by molar-refractivity contribution is 5.92. The van der Waals surface area contributed by atoms with Gasteiger partial charge in [0.05, 0.1) is 0 Å². The molecule has 0 aliphatic carbocycles. The van der Waals surface area contributed by atoms with Crippen LogP contribution in [0.5, 0.6) is 0 Å². The maximum Gasteiger partial charge on any atom is 0.408 e. The van der Waals surface area contributed by atoms with Gasteiger partial charge in [-0.05, 0) is 71.4 Å². The van der Waals surface area contributed by atoms with E-state index in [0.29, 0.717) is 13.0 Å². The number of nitrogens with one attached hydrogen (secondary N) is 2. The van der Waals surface area contributed by atoms with Crippen molar-refractivity contribution < 1.29 is 19.1 Å². The van der Waals surface area contributed by atoms with Crippen molar-refractivity contribution in [1.82, 2.24) is 15.5 Å². The van der Waals surface area contributed by atoms with Crippen molar-refractivity contribution >= 4 is 17.9 Å². The summed E-state index contributed by atoms with van der Waals surface area (Å²) < 4.78 is 5.38. The molecule has 3 amide bonds. The van der Waals surface area contributed by atoms with E-state index in [9.17, 15) is 14.4 Å². The van der Waals surface area contributed by atoms with Gasteiger partial charge in [0.1, 0.15) is 17.7 Å². The van der Waals surface area contributed by atoms with Gasteiger partial charge in [-0.3, -0.25) is 9.59 Å². The fourth-order valence-corrected chi connectivity index (χ4v) is 3.58. The topological polar surface area (TPSA) is 87.7 Å². The molecule has 0 aromatic heterocycles. The molecule has 2 N–H and O–H groups in total. The molecule has 0 heterocycles. The zero-order chi connectivity index (χ0) is 25.3. The van der Waals surface area contributed by atoms with Crippen LogP contribution in [0.4, 0.5) is 4.79 Å². The molecule has 7 heteroatoms. The summed E-state index contributed by atoms with van der Waals surface area (Å²) in [4.78, 5) is 41.0. The highest BCUT2D eigenvalue weighted by Crippen LogP contribution is 2.24. The Balaban J connectivity index is 3.33. The molecular formula is C26H43N3O4. The molecule has 0 aliphatic rings. The number of rotatable bonds is 10. The molecule has 186 valence electrons. The Morgan fingerprint density at radius 1 is 0.970 bits per heavy atom. The summed E-state index contributed by atoms with van der Waals surface area (Å²) >= 11 is 0. The number of likely N-dealkylation sites (N-methyl/N-ethyl adjacent to an activating group) is 1. The second-order valence-electron chi connectivity index (χ2n) is 10.1. The van der Waals surface area contributed by atoms with Gasteiger partial charge in [-0.2, -0.15) is 0 Å². The van der Waals surface area contributed by atoms with Gasteiger partial charge in [0.15, 0.2) is 0 Å². The van der Waals surface area contributed by atoms with Gasteiger partial charge in [0.25, 0.3) is 0 Å². The summed E-state index contributed by atoms with van der Waals surface area (Å²) in [5, 5.41) is 5.69. The predicted molar refractivity (Wildman–Crippen MR) is 132 cm³/mol. The number of alkyl carbamates (subject to hydrolysis) is 1. The molecule has 0 fully saturated rings. The van der Waals surface area contributed by atoms with E-state index >= 15 is 0 Å². The Morgan fingerprint density at radius 2 is 1.55 bits per heavy atom. The second-order valence-corrected chi connectivity index (χ2v) is 10.1. The third-order valence-corrected chi connectivity index (χ3v) is 5.01. The molecule has 0 saturated carbocycles. The van der Waals surface area contributed by atoms with Crippen molar-refractivity contribution in [3.8, 4) is 0 Å². The Hall–Kier alpha value is -2.57. The Bertz CT molecular complexity index is 782. The van der Waals surface area contributed by atoms with Crippen molar-refractivity contribution in [3.63, 3.8) is 0 Å². The number of hydrogen-bond acceptors (Lipinski definition) is 4. The first-order valence-electron chi connectivity index (χ1n) is 12.0. The Labute approximate surface area is 199 Å². The molecule has 0 aliphatic heterocycles. The van der Waals surface area contributed by atoms with Crippen LogP contribution in [0.15, 0.2) is 24.3 Å². The minimum Gasteiger partial charge on any atom is -0.444 e. The first-order valence-corrected chi connectivity index (χ1v) is 12.0. The highest BCUT2D eigenvalue weighted by Gasteiger charge is 2.35. The number of aryl methyl sites for hydroxylation is 1. The van der Waals surface area contributed by atoms with Gasteiger partial charge >= 0.3 is 6.09 Å². The van der Waals surface area contributed by atoms with Crippen molar-refractivity contribution in [2.45, 2.75) is 98.9 Å². The summed E-state index contributed by atoms with van der Waals surface area (Å²) in [6.45, 7) is 17.3. The van der Waals surface area contributed by atoms with Crippen LogP contribution in [0.3, 0.4) is 0 Å². The Morgan fingerprint density at radius 3 is 1.97 bits per heavy atom. The smallest absolute Gasteiger partial charge is 0.408 e. The fourth-order valence-electron chi connectivity index (χ4n) is 3.58. The average Bonchev–Trinajstić information content (AvgIpc) is 2.68. The van der Waals surface area contributed by atoms with Crippen molar-refractivity contribution in [3.05, 3.63) is 35.4 Å². The molecule has 7 nitrogen and oxygen atoms in total. The van der Waals surface area contributed by atoms with Crippen LogP contribution in [-0.2, 0) is 20.7 Å². The second kappa shape index (κ2) is 12.6. The van der Waals surface area contributed by atoms with Crippen LogP contribution in [0, 0.1) is 5.92 Å². The van der Waals surface area contributed by atoms with Gasteiger partial charge in [-0.25, -0.2) is 4.79 Å². The maximum atomic E-state index is 13.7. The lowest BCUT2D eigenvalue weighted by Crippen LogP contribution is -2.53. The number of amides is 3. The monoisotopic (exact) mass is 461 g/mol. The van der Waals surface area contributed by atoms with Crippen LogP contribution < -0.4 is 10.6 Å². The van der Waals surface area contributed by atoms with Gasteiger partial charge in [0, 0.05) is 12.6 Å². The van der Waals surface area contributed by atoms with Crippen LogP contribution in [0.25, 0.3) is 0 Å². The molecule has 33 heavy (non-hydrogen) atoms. The van der Waals surface area contributed by atoms with E-state index < -0.39 is 23.8 Å². The van der Waals surface area contributed by atoms with E-state index in [2.05, 4.69) is 17.6 Å². The normalized spacial score (nSPS) is 13.4. The molecule has 1 aromatic rings. The summed E-state index contributed by atoms with van der Waals surface area (Å²) in [5.74, 6) is -0.398. The number of benzene rings is 1. The average molecular weight is 462 g/mol. The molecule has 0 bridgehead atoms. The van der Waals surface area contributed by atoms with E-state index in [0.717, 1.165) is 17.5 Å². The lowest BCUT2D eigenvalue weighted by Gasteiger charge is -2.34. The summed E-state index contributed by atoms with van der Waals surface area (Å²) in [6, 6.07) is 6.09. The zero-order valence-corrected chi connectivity index (χ0v) is 21.8. The third-order valence-electron chi connectivity index (χ3n) is 5.01. The first kappa shape index (κ1) is 28.5. The number of nitrogens with zero attached hydrogens (tertiary/aromatic N) is 1. The molecular weight excluding hydrogens is 418 g/mol. The minimum atomic E-state index is -0.802. The predicted octanol–water partition coefficient (Wildman–Crippen LogP) is 4.60. The van der Waals surface area contributed by atoms with Gasteiger partial charge in [0.2, 0.25) is 11.8 Å². The number of ether oxygens (including phenoxy) is 1. The number of hydrogen-bond donors (Lipinski definition) is 2. The molecule has 0 radical (unpaired) electrons. The lowest BCUT2D eigenvalue weighted by atomic mass is 9.98. The highest BCUT2D eigenvalue weighted by atomic mass is 16.6. The molecule has 0 saturated heterocycles. The van der Waals surface area contributed by atoms with E-state index in [1.807, 2.05) is 58.9 Å². The molecule has 2 atom stereocenters. The third kappa shape index (κ3) is 9.44. The largest absolute Gasteiger partial charge is 0.444 e. The molecule has 2 unspecified atom stereocenters. The van der Waals surface area contributed by atoms with E-state index in [4.69, 9.17) is 4.74 Å². The van der Waals surface area contributed by atoms with Crippen molar-refractivity contribution in [1.29, 1.82) is 0 Å². The van der Waals surface area contributed by atoms with E-state index in [1.54, 1.807) is 25.7 Å². The molecule has 0 spiro atoms. The van der Waals surface area contributed by atoms with Crippen LogP contribution >= 0.6 is 0 Å². The molecule has 1 aromatic carbocycles. The summed E-state index contributed by atoms with van der Waals surface area (Å²) in [5.41, 5.74) is 1.21. The van der Waals surface area contributed by atoms with E-state index in [1.165, 1.54) is 0 Å². The van der Waals surface area contributed by atoms with Gasteiger partial charge in [-0.15, -0.1) is 0 Å². The maximum absolute atomic E-state index is 13.7. The van der Waals surface area contributed by atoms with Gasteiger partial charge in [-0.1, -0.05) is 45.0 Å². The van der Waals surface area contributed by atoms with E-state index in [-0.39, 0.29) is 23.8 Å². The quantitative estimate of drug-likeness (QED) is 0.533. The lowest BCUT2D eigenvalue weighted by molar-refractivity contribution is -0.142. The summed E-state index contributed by atoms with van der Waals surface area (Å²) in [7, 11) is 0. The zero-order valence-electron chi connectivity index (χ0n) is 21.8. The molecule has 1 rings (SSSR count). The number of carbonyl (C=O) groups is 3. The minimum absolute atomic E-state index is 0.0740. The first-order chi connectivity index (χ1) is 15.3. The van der Waals surface area contributed by atoms with Gasteiger partial charge < -0.3 is 20.3 Å². The van der Waals surface area contributed by atoms with Crippen LogP contribution in [-0.4, -0.2) is 47.0 Å². The van der Waals surface area contributed by atoms with Crippen LogP contribution in [0.1, 0.15) is 85.9 Å². The fraction of sp³-hybridized carbons (Fsp3) is 0.654. The Kier molecular flexibility index (Phi) is 10.9. The standard InChI is InChI=1S/C26H43N3O4/c1-10-19-12-14-20(15-13-19)22(23(30)27-18(5)6)29(11-2)24(31)21(16-17(3)4)28-25(32)33-26(7,8)9/h12-15,17-18,21-22H,10-11,16H2,1-9H3,(H,27,30)(H,28,32). The summed E-state index contributed by atoms with van der Waals surface area (Å²) in [6.07, 6.45) is 0.672. The SMILES string of the molecule is CCc1ccc(C(C(=O)NC(C)C)N(CC)C(=O)C(CC(C)C)NC(=O)OC(C)(C)C)cc1.